The maximum atomic E-state index is 6.41. The van der Waals surface area contributed by atoms with Gasteiger partial charge in [-0.15, -0.1) is 0 Å². The largest absolute Gasteiger partial charge is 0.378 e. The molecule has 3 rings (SSSR count). The van der Waals surface area contributed by atoms with Crippen LogP contribution in [0.15, 0.2) is 11.4 Å². The summed E-state index contributed by atoms with van der Waals surface area (Å²) in [6.45, 7) is 5.59. The molecular formula is C12H16Cl4N2O2. The number of hydrogen-bond donors (Lipinski definition) is 0. The lowest BCUT2D eigenvalue weighted by Crippen LogP contribution is -2.62. The van der Waals surface area contributed by atoms with Crippen molar-refractivity contribution >= 4 is 46.4 Å². The molecule has 0 spiro atoms. The van der Waals surface area contributed by atoms with Crippen LogP contribution in [0.25, 0.3) is 0 Å². The van der Waals surface area contributed by atoms with Crippen LogP contribution in [-0.4, -0.2) is 71.1 Å². The van der Waals surface area contributed by atoms with E-state index in [1.54, 1.807) is 0 Å². The van der Waals surface area contributed by atoms with Crippen LogP contribution in [0.4, 0.5) is 0 Å². The molecule has 3 aliphatic rings. The van der Waals surface area contributed by atoms with Gasteiger partial charge in [0.1, 0.15) is 0 Å². The van der Waals surface area contributed by atoms with E-state index < -0.39 is 8.67 Å². The number of ether oxygens (including phenoxy) is 2. The quantitative estimate of drug-likeness (QED) is 0.704. The molecule has 2 heterocycles. The molecule has 0 bridgehead atoms. The molecule has 0 saturated carbocycles. The summed E-state index contributed by atoms with van der Waals surface area (Å²) in [5, 5.41) is 0. The molecule has 0 N–H and O–H groups in total. The third-order valence-electron chi connectivity index (χ3n) is 3.87. The number of rotatable bonds is 2. The molecular weight excluding hydrogens is 346 g/mol. The summed E-state index contributed by atoms with van der Waals surface area (Å²) < 4.78 is 8.16. The molecule has 114 valence electrons. The van der Waals surface area contributed by atoms with Crippen molar-refractivity contribution in [3.05, 3.63) is 11.4 Å². The zero-order chi connectivity index (χ0) is 14.4. The lowest BCUT2D eigenvalue weighted by atomic mass is 9.94. The first-order valence-corrected chi connectivity index (χ1v) is 8.13. The monoisotopic (exact) mass is 360 g/mol. The Hall–Kier alpha value is 0.420. The number of hydrogen-bond acceptors (Lipinski definition) is 4. The molecule has 0 amide bonds. The second-order valence-electron chi connectivity index (χ2n) is 5.04. The zero-order valence-corrected chi connectivity index (χ0v) is 13.9. The predicted molar refractivity (Wildman–Crippen MR) is 80.7 cm³/mol. The maximum absolute atomic E-state index is 6.41. The Morgan fingerprint density at radius 2 is 0.950 bits per heavy atom. The highest BCUT2D eigenvalue weighted by Gasteiger charge is 2.66. The second-order valence-corrected chi connectivity index (χ2v) is 7.70. The molecule has 0 aromatic heterocycles. The van der Waals surface area contributed by atoms with Crippen molar-refractivity contribution in [3.8, 4) is 0 Å². The molecule has 8 heteroatoms. The van der Waals surface area contributed by atoms with E-state index in [-0.39, 0.29) is 0 Å². The first-order chi connectivity index (χ1) is 9.46. The maximum Gasteiger partial charge on any atom is 0.197 e. The highest BCUT2D eigenvalue weighted by atomic mass is 35.5. The Bertz CT molecular complexity index is 378. The Morgan fingerprint density at radius 3 is 1.25 bits per heavy atom. The van der Waals surface area contributed by atoms with Crippen LogP contribution >= 0.6 is 46.4 Å². The Labute approximate surface area is 138 Å². The molecule has 1 aliphatic carbocycles. The van der Waals surface area contributed by atoms with Crippen LogP contribution < -0.4 is 0 Å². The molecule has 20 heavy (non-hydrogen) atoms. The summed E-state index contributed by atoms with van der Waals surface area (Å²) in [4.78, 5) is 4.24. The van der Waals surface area contributed by atoms with Gasteiger partial charge in [-0.3, -0.25) is 0 Å². The molecule has 0 aromatic rings. The van der Waals surface area contributed by atoms with E-state index in [0.717, 1.165) is 37.6 Å². The van der Waals surface area contributed by atoms with E-state index in [4.69, 9.17) is 55.9 Å². The van der Waals surface area contributed by atoms with Crippen molar-refractivity contribution in [3.63, 3.8) is 0 Å². The van der Waals surface area contributed by atoms with Gasteiger partial charge in [-0.25, -0.2) is 0 Å². The van der Waals surface area contributed by atoms with Gasteiger partial charge < -0.3 is 19.3 Å². The molecule has 2 fully saturated rings. The van der Waals surface area contributed by atoms with Crippen molar-refractivity contribution in [1.29, 1.82) is 0 Å². The van der Waals surface area contributed by atoms with Gasteiger partial charge in [-0.2, -0.15) is 0 Å². The Balaban J connectivity index is 1.94. The van der Waals surface area contributed by atoms with Crippen LogP contribution in [0.5, 0.6) is 0 Å². The van der Waals surface area contributed by atoms with E-state index in [2.05, 4.69) is 9.80 Å². The fourth-order valence-electron chi connectivity index (χ4n) is 2.80. The topological polar surface area (TPSA) is 24.9 Å². The van der Waals surface area contributed by atoms with Gasteiger partial charge in [0, 0.05) is 26.2 Å². The third-order valence-corrected chi connectivity index (χ3v) is 6.10. The van der Waals surface area contributed by atoms with Crippen molar-refractivity contribution in [1.82, 2.24) is 9.80 Å². The molecule has 2 saturated heterocycles. The summed E-state index contributed by atoms with van der Waals surface area (Å²) in [5.41, 5.74) is 1.63. The molecule has 0 atom stereocenters. The predicted octanol–water partition coefficient (Wildman–Crippen LogP) is 2.22. The van der Waals surface area contributed by atoms with E-state index in [1.165, 1.54) is 0 Å². The summed E-state index contributed by atoms with van der Waals surface area (Å²) >= 11 is 25.7. The Kier molecular flexibility index (Phi) is 4.26. The Morgan fingerprint density at radius 1 is 0.650 bits per heavy atom. The van der Waals surface area contributed by atoms with E-state index in [0.29, 0.717) is 26.4 Å². The smallest absolute Gasteiger partial charge is 0.197 e. The second kappa shape index (κ2) is 5.56. The number of halogens is 4. The number of morpholine rings is 2. The fraction of sp³-hybridized carbons (Fsp3) is 0.833. The van der Waals surface area contributed by atoms with Crippen LogP contribution in [0.1, 0.15) is 0 Å². The summed E-state index contributed by atoms with van der Waals surface area (Å²) in [6.07, 6.45) is 0. The fourth-order valence-corrected chi connectivity index (χ4v) is 4.00. The SMILES string of the molecule is ClC1(Cl)C(N2CCOCC2)=C(N2CCOCC2)C1(Cl)Cl. The van der Waals surface area contributed by atoms with Gasteiger partial charge >= 0.3 is 0 Å². The minimum Gasteiger partial charge on any atom is -0.378 e. The molecule has 0 aromatic carbocycles. The van der Waals surface area contributed by atoms with Crippen LogP contribution in [0, 0.1) is 0 Å². The summed E-state index contributed by atoms with van der Waals surface area (Å²) in [7, 11) is 0. The van der Waals surface area contributed by atoms with Crippen LogP contribution in [0.2, 0.25) is 0 Å². The van der Waals surface area contributed by atoms with Crippen molar-refractivity contribution < 1.29 is 9.47 Å². The number of alkyl halides is 4. The highest BCUT2D eigenvalue weighted by Crippen LogP contribution is 2.63. The third kappa shape index (κ3) is 2.29. The van der Waals surface area contributed by atoms with Gasteiger partial charge in [0.2, 0.25) is 0 Å². The standard InChI is InChI=1S/C12H16Cl4N2O2/c13-11(14)9(17-1-5-19-6-2-17)10(12(11,15)16)18-3-7-20-8-4-18/h1-8H2. The molecule has 4 nitrogen and oxygen atoms in total. The van der Waals surface area contributed by atoms with Gasteiger partial charge in [0.25, 0.3) is 0 Å². The van der Waals surface area contributed by atoms with E-state index in [9.17, 15) is 0 Å². The number of allylic oxidation sites excluding steroid dienone is 2. The minimum atomic E-state index is -1.29. The normalized spacial score (nSPS) is 29.4. The average Bonchev–Trinajstić information content (AvgIpc) is 2.45. The van der Waals surface area contributed by atoms with Gasteiger partial charge in [0.15, 0.2) is 8.67 Å². The van der Waals surface area contributed by atoms with Gasteiger partial charge in [-0.1, -0.05) is 46.4 Å². The lowest BCUT2D eigenvalue weighted by Gasteiger charge is -2.55. The van der Waals surface area contributed by atoms with Gasteiger partial charge in [-0.05, 0) is 0 Å². The summed E-state index contributed by atoms with van der Waals surface area (Å²) in [5.74, 6) is 0. The highest BCUT2D eigenvalue weighted by molar-refractivity contribution is 6.67. The van der Waals surface area contributed by atoms with E-state index >= 15 is 0 Å². The van der Waals surface area contributed by atoms with Gasteiger partial charge in [0.05, 0.1) is 37.8 Å². The van der Waals surface area contributed by atoms with Crippen LogP contribution in [0.3, 0.4) is 0 Å². The van der Waals surface area contributed by atoms with Crippen molar-refractivity contribution in [2.75, 3.05) is 52.6 Å². The molecule has 2 aliphatic heterocycles. The summed E-state index contributed by atoms with van der Waals surface area (Å²) in [6, 6.07) is 0. The minimum absolute atomic E-state index is 0.654. The molecule has 0 unspecified atom stereocenters. The average molecular weight is 362 g/mol. The molecule has 0 radical (unpaired) electrons. The number of nitrogens with zero attached hydrogens (tertiary/aromatic N) is 2. The van der Waals surface area contributed by atoms with Crippen LogP contribution in [-0.2, 0) is 9.47 Å². The lowest BCUT2D eigenvalue weighted by molar-refractivity contribution is 0.0306. The van der Waals surface area contributed by atoms with E-state index in [1.807, 2.05) is 0 Å². The van der Waals surface area contributed by atoms with Crippen molar-refractivity contribution in [2.45, 2.75) is 8.67 Å². The zero-order valence-electron chi connectivity index (χ0n) is 10.9. The first-order valence-electron chi connectivity index (χ1n) is 6.62. The first kappa shape index (κ1) is 15.3. The van der Waals surface area contributed by atoms with Crippen molar-refractivity contribution in [2.24, 2.45) is 0 Å².